The lowest BCUT2D eigenvalue weighted by atomic mass is 10.1. The number of hydrogen-bond donors (Lipinski definition) is 2. The van der Waals surface area contributed by atoms with Gasteiger partial charge in [-0.25, -0.2) is 0 Å². The minimum absolute atomic E-state index is 0. The van der Waals surface area contributed by atoms with Crippen molar-refractivity contribution in [3.63, 3.8) is 0 Å². The van der Waals surface area contributed by atoms with Gasteiger partial charge in [0.15, 0.2) is 0 Å². The van der Waals surface area contributed by atoms with Gasteiger partial charge in [-0.15, -0.1) is 12.4 Å². The molecular formula is C17H26ClN3O2. The molecular weight excluding hydrogens is 314 g/mol. The highest BCUT2D eigenvalue weighted by molar-refractivity contribution is 5.95. The number of carbonyl (C=O) groups is 2. The molecule has 2 atom stereocenters. The molecule has 0 aliphatic carbocycles. The van der Waals surface area contributed by atoms with Crippen LogP contribution < -0.4 is 16.0 Å². The number of amides is 2. The monoisotopic (exact) mass is 339 g/mol. The van der Waals surface area contributed by atoms with Gasteiger partial charge < -0.3 is 16.0 Å². The Labute approximate surface area is 144 Å². The van der Waals surface area contributed by atoms with Crippen molar-refractivity contribution in [3.8, 4) is 0 Å². The van der Waals surface area contributed by atoms with E-state index in [1.807, 2.05) is 43.0 Å². The van der Waals surface area contributed by atoms with Gasteiger partial charge in [0.05, 0.1) is 12.1 Å². The SMILES string of the molecule is CCCC(N)C(=O)NC(C)c1ccc(N2CCCC2=O)cc1.Cl. The Hall–Kier alpha value is -1.59. The van der Waals surface area contributed by atoms with Gasteiger partial charge in [0.25, 0.3) is 0 Å². The van der Waals surface area contributed by atoms with E-state index in [1.54, 1.807) is 0 Å². The molecule has 0 aromatic heterocycles. The van der Waals surface area contributed by atoms with Crippen molar-refractivity contribution in [1.29, 1.82) is 0 Å². The summed E-state index contributed by atoms with van der Waals surface area (Å²) in [5.74, 6) is 0.0628. The van der Waals surface area contributed by atoms with Crippen molar-refractivity contribution in [2.24, 2.45) is 5.73 Å². The van der Waals surface area contributed by atoms with Gasteiger partial charge in [-0.1, -0.05) is 25.5 Å². The average Bonchev–Trinajstić information content (AvgIpc) is 2.93. The van der Waals surface area contributed by atoms with E-state index in [0.717, 1.165) is 30.6 Å². The Balaban J connectivity index is 0.00000264. The predicted molar refractivity (Wildman–Crippen MR) is 94.7 cm³/mol. The van der Waals surface area contributed by atoms with E-state index in [2.05, 4.69) is 5.32 Å². The van der Waals surface area contributed by atoms with Gasteiger partial charge in [-0.05, 0) is 37.5 Å². The van der Waals surface area contributed by atoms with Crippen molar-refractivity contribution in [3.05, 3.63) is 29.8 Å². The van der Waals surface area contributed by atoms with Crippen LogP contribution in [0.3, 0.4) is 0 Å². The van der Waals surface area contributed by atoms with Crippen molar-refractivity contribution in [1.82, 2.24) is 5.32 Å². The summed E-state index contributed by atoms with van der Waals surface area (Å²) in [6.45, 7) is 4.73. The van der Waals surface area contributed by atoms with Crippen LogP contribution in [0.4, 0.5) is 5.69 Å². The summed E-state index contributed by atoms with van der Waals surface area (Å²) >= 11 is 0. The smallest absolute Gasteiger partial charge is 0.237 e. The molecule has 6 heteroatoms. The number of nitrogens with zero attached hydrogens (tertiary/aromatic N) is 1. The maximum Gasteiger partial charge on any atom is 0.237 e. The second-order valence-electron chi connectivity index (χ2n) is 5.87. The molecule has 1 aliphatic heterocycles. The number of benzene rings is 1. The van der Waals surface area contributed by atoms with Gasteiger partial charge in [0.1, 0.15) is 0 Å². The van der Waals surface area contributed by atoms with E-state index in [0.29, 0.717) is 12.8 Å². The summed E-state index contributed by atoms with van der Waals surface area (Å²) in [7, 11) is 0. The van der Waals surface area contributed by atoms with E-state index in [-0.39, 0.29) is 30.3 Å². The lowest BCUT2D eigenvalue weighted by Crippen LogP contribution is -2.41. The fourth-order valence-corrected chi connectivity index (χ4v) is 2.71. The van der Waals surface area contributed by atoms with Gasteiger partial charge in [-0.2, -0.15) is 0 Å². The van der Waals surface area contributed by atoms with E-state index in [1.165, 1.54) is 0 Å². The first kappa shape index (κ1) is 19.5. The minimum atomic E-state index is -0.450. The maximum absolute atomic E-state index is 11.9. The third-order valence-electron chi connectivity index (χ3n) is 4.07. The number of halogens is 1. The Bertz CT molecular complexity index is 533. The molecule has 3 N–H and O–H groups in total. The quantitative estimate of drug-likeness (QED) is 0.836. The van der Waals surface area contributed by atoms with Crippen LogP contribution in [0.5, 0.6) is 0 Å². The van der Waals surface area contributed by atoms with Crippen LogP contribution >= 0.6 is 12.4 Å². The van der Waals surface area contributed by atoms with E-state index in [9.17, 15) is 9.59 Å². The fraction of sp³-hybridized carbons (Fsp3) is 0.529. The minimum Gasteiger partial charge on any atom is -0.348 e. The number of rotatable bonds is 6. The van der Waals surface area contributed by atoms with Crippen LogP contribution in [0.25, 0.3) is 0 Å². The van der Waals surface area contributed by atoms with Crippen molar-refractivity contribution in [2.45, 2.75) is 51.6 Å². The van der Waals surface area contributed by atoms with Crippen LogP contribution in [0.15, 0.2) is 24.3 Å². The molecule has 2 amide bonds. The third kappa shape index (κ3) is 4.94. The van der Waals surface area contributed by atoms with Crippen LogP contribution in [0.1, 0.15) is 51.1 Å². The lowest BCUT2D eigenvalue weighted by molar-refractivity contribution is -0.123. The molecule has 0 spiro atoms. The van der Waals surface area contributed by atoms with E-state index in [4.69, 9.17) is 5.73 Å². The molecule has 1 heterocycles. The Morgan fingerprint density at radius 3 is 2.52 bits per heavy atom. The molecule has 1 fully saturated rings. The maximum atomic E-state index is 11.9. The molecule has 0 radical (unpaired) electrons. The third-order valence-corrected chi connectivity index (χ3v) is 4.07. The first-order valence-electron chi connectivity index (χ1n) is 7.99. The second kappa shape index (κ2) is 8.89. The molecule has 128 valence electrons. The van der Waals surface area contributed by atoms with E-state index >= 15 is 0 Å². The molecule has 5 nitrogen and oxygen atoms in total. The molecule has 1 aromatic rings. The molecule has 2 unspecified atom stereocenters. The normalized spacial score (nSPS) is 16.7. The van der Waals surface area contributed by atoms with Crippen LogP contribution in [-0.4, -0.2) is 24.4 Å². The van der Waals surface area contributed by atoms with Crippen LogP contribution in [0, 0.1) is 0 Å². The van der Waals surface area contributed by atoms with Crippen LogP contribution in [0.2, 0.25) is 0 Å². The summed E-state index contributed by atoms with van der Waals surface area (Å²) in [5, 5.41) is 2.93. The largest absolute Gasteiger partial charge is 0.348 e. The summed E-state index contributed by atoms with van der Waals surface area (Å²) in [6, 6.07) is 7.24. The molecule has 0 saturated carbocycles. The Morgan fingerprint density at radius 2 is 2.00 bits per heavy atom. The van der Waals surface area contributed by atoms with E-state index < -0.39 is 6.04 Å². The number of anilines is 1. The van der Waals surface area contributed by atoms with Gasteiger partial charge in [0.2, 0.25) is 11.8 Å². The van der Waals surface area contributed by atoms with Crippen LogP contribution in [-0.2, 0) is 9.59 Å². The highest BCUT2D eigenvalue weighted by atomic mass is 35.5. The van der Waals surface area contributed by atoms with Gasteiger partial charge in [0, 0.05) is 18.7 Å². The zero-order valence-electron chi connectivity index (χ0n) is 13.7. The van der Waals surface area contributed by atoms with Gasteiger partial charge >= 0.3 is 0 Å². The van der Waals surface area contributed by atoms with Crippen molar-refractivity contribution < 1.29 is 9.59 Å². The number of nitrogens with two attached hydrogens (primary N) is 1. The summed E-state index contributed by atoms with van der Waals surface area (Å²) < 4.78 is 0. The standard InChI is InChI=1S/C17H25N3O2.ClH/c1-3-5-15(18)17(22)19-12(2)13-7-9-14(10-8-13)20-11-4-6-16(20)21;/h7-10,12,15H,3-6,11,18H2,1-2H3,(H,19,22);1H. The first-order chi connectivity index (χ1) is 10.5. The molecule has 1 aliphatic rings. The molecule has 2 rings (SSSR count). The summed E-state index contributed by atoms with van der Waals surface area (Å²) in [4.78, 5) is 25.5. The lowest BCUT2D eigenvalue weighted by Gasteiger charge is -2.19. The second-order valence-corrected chi connectivity index (χ2v) is 5.87. The molecule has 0 bridgehead atoms. The zero-order chi connectivity index (χ0) is 16.1. The Morgan fingerprint density at radius 1 is 1.35 bits per heavy atom. The predicted octanol–water partition coefficient (Wildman–Crippen LogP) is 2.54. The highest BCUT2D eigenvalue weighted by Crippen LogP contribution is 2.23. The Kier molecular flexibility index (Phi) is 7.52. The van der Waals surface area contributed by atoms with Crippen molar-refractivity contribution >= 4 is 29.9 Å². The average molecular weight is 340 g/mol. The molecule has 23 heavy (non-hydrogen) atoms. The molecule has 1 aromatic carbocycles. The number of nitrogens with one attached hydrogen (secondary N) is 1. The van der Waals surface area contributed by atoms with Gasteiger partial charge in [-0.3, -0.25) is 9.59 Å². The fourth-order valence-electron chi connectivity index (χ4n) is 2.71. The summed E-state index contributed by atoms with van der Waals surface area (Å²) in [6.07, 6.45) is 3.13. The first-order valence-corrected chi connectivity index (χ1v) is 7.99. The highest BCUT2D eigenvalue weighted by Gasteiger charge is 2.22. The zero-order valence-corrected chi connectivity index (χ0v) is 14.6. The summed E-state index contributed by atoms with van der Waals surface area (Å²) in [5.41, 5.74) is 7.75. The topological polar surface area (TPSA) is 75.4 Å². The number of carbonyl (C=O) groups excluding carboxylic acids is 2. The number of hydrogen-bond acceptors (Lipinski definition) is 3. The van der Waals surface area contributed by atoms with Crippen molar-refractivity contribution in [2.75, 3.05) is 11.4 Å². The molecule has 1 saturated heterocycles.